The first-order chi connectivity index (χ1) is 9.61. The number of hydrogen-bond acceptors (Lipinski definition) is 4. The van der Waals surface area contributed by atoms with Crippen molar-refractivity contribution in [2.24, 2.45) is 10.9 Å². The lowest BCUT2D eigenvalue weighted by molar-refractivity contribution is 0.0922. The van der Waals surface area contributed by atoms with Gasteiger partial charge in [0, 0.05) is 5.56 Å². The number of ether oxygens (including phenoxy) is 1. The number of nitrogens with two attached hydrogens (primary N) is 1. The molecular weight excluding hydrogens is 258 g/mol. The molecule has 6 heteroatoms. The van der Waals surface area contributed by atoms with Crippen LogP contribution in [0.5, 0.6) is 5.75 Å². The van der Waals surface area contributed by atoms with Crippen molar-refractivity contribution in [2.75, 3.05) is 7.11 Å². The van der Waals surface area contributed by atoms with Gasteiger partial charge >= 0.3 is 0 Å². The quantitative estimate of drug-likeness (QED) is 0.336. The third kappa shape index (κ3) is 2.68. The van der Waals surface area contributed by atoms with Crippen LogP contribution < -0.4 is 15.8 Å². The first-order valence-corrected chi connectivity index (χ1v) is 6.56. The second-order valence-corrected chi connectivity index (χ2v) is 4.96. The maximum absolute atomic E-state index is 12.3. The zero-order valence-electron chi connectivity index (χ0n) is 11.4. The molecule has 4 N–H and O–H groups in total. The molecule has 0 bridgehead atoms. The largest absolute Gasteiger partial charge is 0.497 e. The molecule has 1 aromatic rings. The highest BCUT2D eigenvalue weighted by Crippen LogP contribution is 2.30. The third-order valence-electron chi connectivity index (χ3n) is 3.76. The molecule has 0 spiro atoms. The Morgan fingerprint density at radius 2 is 1.95 bits per heavy atom. The zero-order chi connectivity index (χ0) is 14.6. The minimum absolute atomic E-state index is 0.0665. The molecule has 0 saturated heterocycles. The Bertz CT molecular complexity index is 505. The molecule has 0 heterocycles. The van der Waals surface area contributed by atoms with Crippen LogP contribution in [0.3, 0.4) is 0 Å². The summed E-state index contributed by atoms with van der Waals surface area (Å²) in [4.78, 5) is 12.3. The highest BCUT2D eigenvalue weighted by molar-refractivity contribution is 6.00. The first kappa shape index (κ1) is 14.2. The zero-order valence-corrected chi connectivity index (χ0v) is 11.4. The predicted octanol–water partition coefficient (Wildman–Crippen LogP) is 1.48. The predicted molar refractivity (Wildman–Crippen MR) is 75.1 cm³/mol. The minimum Gasteiger partial charge on any atom is -0.497 e. The van der Waals surface area contributed by atoms with Crippen LogP contribution in [-0.2, 0) is 0 Å². The normalized spacial score (nSPS) is 17.8. The first-order valence-electron chi connectivity index (χ1n) is 6.56. The lowest BCUT2D eigenvalue weighted by atomic mass is 9.95. The summed E-state index contributed by atoms with van der Waals surface area (Å²) in [6.07, 6.45) is 3.26. The number of carbonyl (C=O) groups excluding carboxylic acids is 1. The lowest BCUT2D eigenvalue weighted by Crippen LogP contribution is -2.55. The average molecular weight is 277 g/mol. The van der Waals surface area contributed by atoms with Gasteiger partial charge in [-0.3, -0.25) is 4.79 Å². The summed E-state index contributed by atoms with van der Waals surface area (Å²) >= 11 is 0. The number of hydrogen-bond donors (Lipinski definition) is 3. The van der Waals surface area contributed by atoms with Gasteiger partial charge in [-0.25, -0.2) is 0 Å². The van der Waals surface area contributed by atoms with Crippen LogP contribution >= 0.6 is 0 Å². The molecule has 1 amide bonds. The fourth-order valence-electron chi connectivity index (χ4n) is 2.55. The van der Waals surface area contributed by atoms with Crippen molar-refractivity contribution < 1.29 is 14.7 Å². The van der Waals surface area contributed by atoms with E-state index in [9.17, 15) is 4.79 Å². The number of rotatable bonds is 4. The molecule has 0 atom stereocenters. The van der Waals surface area contributed by atoms with E-state index in [0.717, 1.165) is 12.8 Å². The molecule has 0 unspecified atom stereocenters. The van der Waals surface area contributed by atoms with E-state index in [1.807, 2.05) is 0 Å². The van der Waals surface area contributed by atoms with Gasteiger partial charge < -0.3 is 21.0 Å². The number of nitrogens with one attached hydrogen (secondary N) is 1. The maximum atomic E-state index is 12.3. The molecule has 1 aromatic carbocycles. The lowest BCUT2D eigenvalue weighted by Gasteiger charge is -2.28. The fourth-order valence-corrected chi connectivity index (χ4v) is 2.55. The van der Waals surface area contributed by atoms with Crippen LogP contribution in [0.2, 0.25) is 0 Å². The molecule has 2 rings (SSSR count). The molecule has 0 aromatic heterocycles. The number of methoxy groups -OCH3 is 1. The van der Waals surface area contributed by atoms with Crippen molar-refractivity contribution in [3.8, 4) is 5.75 Å². The summed E-state index contributed by atoms with van der Waals surface area (Å²) in [6, 6.07) is 6.81. The van der Waals surface area contributed by atoms with E-state index in [1.165, 1.54) is 0 Å². The van der Waals surface area contributed by atoms with Crippen LogP contribution in [-0.4, -0.2) is 29.6 Å². The van der Waals surface area contributed by atoms with Crippen LogP contribution in [0, 0.1) is 0 Å². The second kappa shape index (κ2) is 5.81. The van der Waals surface area contributed by atoms with Gasteiger partial charge in [0.25, 0.3) is 5.91 Å². The van der Waals surface area contributed by atoms with Crippen molar-refractivity contribution in [1.82, 2.24) is 5.32 Å². The Hall–Kier alpha value is -2.24. The van der Waals surface area contributed by atoms with E-state index in [2.05, 4.69) is 10.5 Å². The Labute approximate surface area is 117 Å². The third-order valence-corrected chi connectivity index (χ3v) is 3.76. The van der Waals surface area contributed by atoms with Crippen molar-refractivity contribution >= 4 is 11.7 Å². The molecule has 1 aliphatic carbocycles. The van der Waals surface area contributed by atoms with Gasteiger partial charge in [0.2, 0.25) is 0 Å². The molecule has 0 radical (unpaired) electrons. The Morgan fingerprint density at radius 3 is 2.45 bits per heavy atom. The number of amides is 1. The summed E-state index contributed by atoms with van der Waals surface area (Å²) in [5, 5.41) is 14.9. The van der Waals surface area contributed by atoms with E-state index in [-0.39, 0.29) is 11.7 Å². The molecule has 6 nitrogen and oxygen atoms in total. The maximum Gasteiger partial charge on any atom is 0.252 e. The van der Waals surface area contributed by atoms with E-state index in [4.69, 9.17) is 15.7 Å². The van der Waals surface area contributed by atoms with E-state index in [0.29, 0.717) is 24.2 Å². The highest BCUT2D eigenvalue weighted by atomic mass is 16.5. The van der Waals surface area contributed by atoms with Crippen molar-refractivity contribution in [2.45, 2.75) is 31.2 Å². The summed E-state index contributed by atoms with van der Waals surface area (Å²) < 4.78 is 5.05. The molecule has 1 fully saturated rings. The molecule has 0 aliphatic heterocycles. The number of amidine groups is 1. The van der Waals surface area contributed by atoms with Gasteiger partial charge in [-0.1, -0.05) is 18.0 Å². The minimum atomic E-state index is -0.730. The number of nitrogens with zero attached hydrogens (tertiary/aromatic N) is 1. The number of benzene rings is 1. The number of carbonyl (C=O) groups is 1. The highest BCUT2D eigenvalue weighted by Gasteiger charge is 2.39. The van der Waals surface area contributed by atoms with Gasteiger partial charge in [0.05, 0.1) is 7.11 Å². The molecule has 20 heavy (non-hydrogen) atoms. The smallest absolute Gasteiger partial charge is 0.252 e. The van der Waals surface area contributed by atoms with Crippen molar-refractivity contribution in [1.29, 1.82) is 0 Å². The Kier molecular flexibility index (Phi) is 4.12. The van der Waals surface area contributed by atoms with Crippen LogP contribution in [0.25, 0.3) is 0 Å². The van der Waals surface area contributed by atoms with Gasteiger partial charge in [-0.15, -0.1) is 0 Å². The average Bonchev–Trinajstić information content (AvgIpc) is 2.96. The molecule has 1 saturated carbocycles. The van der Waals surface area contributed by atoms with Crippen molar-refractivity contribution in [3.05, 3.63) is 29.8 Å². The Balaban J connectivity index is 2.16. The van der Waals surface area contributed by atoms with Gasteiger partial charge in [0.15, 0.2) is 5.84 Å². The van der Waals surface area contributed by atoms with Gasteiger partial charge in [-0.05, 0) is 37.1 Å². The fraction of sp³-hybridized carbons (Fsp3) is 0.429. The summed E-state index contributed by atoms with van der Waals surface area (Å²) in [7, 11) is 1.57. The summed E-state index contributed by atoms with van der Waals surface area (Å²) in [5.74, 6) is 0.520. The van der Waals surface area contributed by atoms with E-state index in [1.54, 1.807) is 31.4 Å². The van der Waals surface area contributed by atoms with Gasteiger partial charge in [0.1, 0.15) is 11.3 Å². The topological polar surface area (TPSA) is 96.9 Å². The van der Waals surface area contributed by atoms with Crippen LogP contribution in [0.1, 0.15) is 36.0 Å². The van der Waals surface area contributed by atoms with Crippen LogP contribution in [0.4, 0.5) is 0 Å². The molecule has 1 aliphatic rings. The molecule has 108 valence electrons. The van der Waals surface area contributed by atoms with Crippen molar-refractivity contribution in [3.63, 3.8) is 0 Å². The summed E-state index contributed by atoms with van der Waals surface area (Å²) in [6.45, 7) is 0. The molecular formula is C14H19N3O3. The SMILES string of the molecule is COc1ccc(C(=O)NC2(/C(N)=N/O)CCCC2)cc1. The number of oxime groups is 1. The Morgan fingerprint density at radius 1 is 1.35 bits per heavy atom. The van der Waals surface area contributed by atoms with Gasteiger partial charge in [-0.2, -0.15) is 0 Å². The standard InChI is InChI=1S/C14H19N3O3/c1-20-11-6-4-10(5-7-11)12(18)16-14(13(15)17-19)8-2-3-9-14/h4-7,19H,2-3,8-9H2,1H3,(H2,15,17)(H,16,18). The van der Waals surface area contributed by atoms with E-state index < -0.39 is 5.54 Å². The second-order valence-electron chi connectivity index (χ2n) is 4.96. The van der Waals surface area contributed by atoms with Crippen LogP contribution in [0.15, 0.2) is 29.4 Å². The van der Waals surface area contributed by atoms with E-state index >= 15 is 0 Å². The summed E-state index contributed by atoms with van der Waals surface area (Å²) in [5.41, 5.74) is 5.54. The monoisotopic (exact) mass is 277 g/mol.